The maximum Gasteiger partial charge on any atom is 0.329 e. The van der Waals surface area contributed by atoms with Gasteiger partial charge in [0.05, 0.1) is 17.3 Å². The molecule has 1 heterocycles. The third-order valence-electron chi connectivity index (χ3n) is 4.02. The van der Waals surface area contributed by atoms with Gasteiger partial charge in [0.15, 0.2) is 0 Å². The molecular formula is C18H17ClN2O3. The summed E-state index contributed by atoms with van der Waals surface area (Å²) in [4.78, 5) is 26.5. The highest BCUT2D eigenvalue weighted by atomic mass is 35.5. The third kappa shape index (κ3) is 2.61. The first-order chi connectivity index (χ1) is 11.5. The predicted molar refractivity (Wildman–Crippen MR) is 92.4 cm³/mol. The fraction of sp³-hybridized carbons (Fsp3) is 0.222. The lowest BCUT2D eigenvalue weighted by molar-refractivity contribution is -0.121. The first-order valence-corrected chi connectivity index (χ1v) is 7.99. The molecule has 1 unspecified atom stereocenters. The fourth-order valence-electron chi connectivity index (χ4n) is 2.74. The SMILES string of the molecule is CCOc1ccc(N2C(=O)NC(C)(c3ccccc3)C2=O)cc1Cl. The molecule has 1 aliphatic rings. The molecule has 1 fully saturated rings. The molecule has 0 radical (unpaired) electrons. The van der Waals surface area contributed by atoms with Gasteiger partial charge in [-0.15, -0.1) is 0 Å². The van der Waals surface area contributed by atoms with Gasteiger partial charge in [0.25, 0.3) is 5.91 Å². The number of nitrogens with one attached hydrogen (secondary N) is 1. The van der Waals surface area contributed by atoms with E-state index in [9.17, 15) is 9.59 Å². The minimum atomic E-state index is -1.11. The Labute approximate surface area is 145 Å². The molecule has 2 aromatic carbocycles. The summed E-state index contributed by atoms with van der Waals surface area (Å²) in [7, 11) is 0. The Balaban J connectivity index is 1.97. The van der Waals surface area contributed by atoms with E-state index < -0.39 is 11.6 Å². The Morgan fingerprint density at radius 2 is 1.88 bits per heavy atom. The van der Waals surface area contributed by atoms with Gasteiger partial charge >= 0.3 is 6.03 Å². The number of urea groups is 1. The van der Waals surface area contributed by atoms with E-state index in [2.05, 4.69) is 5.32 Å². The number of amides is 3. The second-order valence-corrected chi connectivity index (χ2v) is 6.02. The number of nitrogens with zero attached hydrogens (tertiary/aromatic N) is 1. The maximum atomic E-state index is 12.9. The largest absolute Gasteiger partial charge is 0.492 e. The average molecular weight is 345 g/mol. The Kier molecular flexibility index (Phi) is 4.20. The summed E-state index contributed by atoms with van der Waals surface area (Å²) in [5, 5.41) is 3.12. The van der Waals surface area contributed by atoms with Crippen molar-refractivity contribution in [3.05, 3.63) is 59.1 Å². The van der Waals surface area contributed by atoms with Crippen molar-refractivity contribution in [1.29, 1.82) is 0 Å². The lowest BCUT2D eigenvalue weighted by atomic mass is 9.92. The third-order valence-corrected chi connectivity index (χ3v) is 4.31. The van der Waals surface area contributed by atoms with E-state index in [1.54, 1.807) is 25.1 Å². The van der Waals surface area contributed by atoms with Crippen molar-refractivity contribution in [1.82, 2.24) is 5.32 Å². The van der Waals surface area contributed by atoms with Crippen LogP contribution in [0.25, 0.3) is 0 Å². The molecule has 1 saturated heterocycles. The Morgan fingerprint density at radius 1 is 1.17 bits per heavy atom. The zero-order valence-corrected chi connectivity index (χ0v) is 14.1. The van der Waals surface area contributed by atoms with E-state index in [0.717, 1.165) is 10.5 Å². The molecule has 3 rings (SSSR count). The Bertz CT molecular complexity index is 794. The standard InChI is InChI=1S/C18H17ClN2O3/c1-3-24-15-10-9-13(11-14(15)19)21-16(22)18(2,20-17(21)23)12-7-5-4-6-8-12/h4-11H,3H2,1-2H3,(H,20,23). The monoisotopic (exact) mass is 344 g/mol. The molecule has 0 aliphatic carbocycles. The summed E-state index contributed by atoms with van der Waals surface area (Å²) in [6.45, 7) is 4.03. The molecule has 24 heavy (non-hydrogen) atoms. The minimum Gasteiger partial charge on any atom is -0.492 e. The number of hydrogen-bond acceptors (Lipinski definition) is 3. The van der Waals surface area contributed by atoms with Crippen molar-refractivity contribution >= 4 is 29.2 Å². The summed E-state index contributed by atoms with van der Waals surface area (Å²) in [6, 6.07) is 13.5. The number of benzene rings is 2. The predicted octanol–water partition coefficient (Wildman–Crippen LogP) is 3.71. The zero-order valence-electron chi connectivity index (χ0n) is 13.4. The van der Waals surface area contributed by atoms with Gasteiger partial charge in [0.2, 0.25) is 0 Å². The molecule has 1 aliphatic heterocycles. The number of imide groups is 1. The van der Waals surface area contributed by atoms with Crippen LogP contribution in [0.5, 0.6) is 5.75 Å². The second-order valence-electron chi connectivity index (χ2n) is 5.61. The first-order valence-electron chi connectivity index (χ1n) is 7.62. The van der Waals surface area contributed by atoms with E-state index in [1.165, 1.54) is 0 Å². The Morgan fingerprint density at radius 3 is 2.50 bits per heavy atom. The summed E-state index contributed by atoms with van der Waals surface area (Å²) in [6.07, 6.45) is 0. The number of carbonyl (C=O) groups excluding carboxylic acids is 2. The zero-order chi connectivity index (χ0) is 17.3. The summed E-state index contributed by atoms with van der Waals surface area (Å²) in [5.41, 5.74) is 0.0251. The molecule has 1 atom stereocenters. The van der Waals surface area contributed by atoms with E-state index in [1.807, 2.05) is 37.3 Å². The molecule has 6 heteroatoms. The van der Waals surface area contributed by atoms with Crippen molar-refractivity contribution in [3.63, 3.8) is 0 Å². The van der Waals surface area contributed by atoms with E-state index in [-0.39, 0.29) is 5.91 Å². The highest BCUT2D eigenvalue weighted by molar-refractivity contribution is 6.33. The summed E-state index contributed by atoms with van der Waals surface area (Å²) >= 11 is 6.18. The van der Waals surface area contributed by atoms with Crippen LogP contribution in [-0.2, 0) is 10.3 Å². The number of ether oxygens (including phenoxy) is 1. The van der Waals surface area contributed by atoms with Crippen LogP contribution in [-0.4, -0.2) is 18.5 Å². The molecule has 0 spiro atoms. The maximum absolute atomic E-state index is 12.9. The molecule has 0 aromatic heterocycles. The van der Waals surface area contributed by atoms with Gasteiger partial charge in [0, 0.05) is 0 Å². The smallest absolute Gasteiger partial charge is 0.329 e. The number of anilines is 1. The molecule has 1 N–H and O–H groups in total. The van der Waals surface area contributed by atoms with Crippen molar-refractivity contribution in [2.45, 2.75) is 19.4 Å². The van der Waals surface area contributed by atoms with Gasteiger partial charge < -0.3 is 10.1 Å². The lowest BCUT2D eigenvalue weighted by Gasteiger charge is -2.22. The van der Waals surface area contributed by atoms with Crippen LogP contribution < -0.4 is 15.0 Å². The van der Waals surface area contributed by atoms with Gasteiger partial charge in [-0.05, 0) is 37.6 Å². The van der Waals surface area contributed by atoms with Crippen LogP contribution in [0.3, 0.4) is 0 Å². The Hall–Kier alpha value is -2.53. The lowest BCUT2D eigenvalue weighted by Crippen LogP contribution is -2.40. The minimum absolute atomic E-state index is 0.348. The molecule has 124 valence electrons. The second kappa shape index (κ2) is 6.17. The number of carbonyl (C=O) groups is 2. The van der Waals surface area contributed by atoms with E-state index >= 15 is 0 Å². The normalized spacial score (nSPS) is 20.2. The van der Waals surface area contributed by atoms with Gasteiger partial charge in [0.1, 0.15) is 11.3 Å². The van der Waals surface area contributed by atoms with Gasteiger partial charge in [-0.25, -0.2) is 9.69 Å². The average Bonchev–Trinajstić information content (AvgIpc) is 2.81. The summed E-state index contributed by atoms with van der Waals surface area (Å²) < 4.78 is 5.38. The van der Waals surface area contributed by atoms with Gasteiger partial charge in [-0.1, -0.05) is 41.9 Å². The molecule has 2 aromatic rings. The highest BCUT2D eigenvalue weighted by Gasteiger charge is 2.49. The van der Waals surface area contributed by atoms with Crippen LogP contribution in [0.15, 0.2) is 48.5 Å². The molecule has 3 amide bonds. The first kappa shape index (κ1) is 16.3. The number of hydrogen-bond donors (Lipinski definition) is 1. The van der Waals surface area contributed by atoms with Crippen molar-refractivity contribution in [3.8, 4) is 5.75 Å². The van der Waals surface area contributed by atoms with E-state index in [0.29, 0.717) is 23.1 Å². The van der Waals surface area contributed by atoms with Crippen LogP contribution in [0, 0.1) is 0 Å². The topological polar surface area (TPSA) is 58.6 Å². The quantitative estimate of drug-likeness (QED) is 0.860. The van der Waals surface area contributed by atoms with Crippen molar-refractivity contribution < 1.29 is 14.3 Å². The van der Waals surface area contributed by atoms with Crippen LogP contribution in [0.2, 0.25) is 5.02 Å². The van der Waals surface area contributed by atoms with Crippen LogP contribution in [0.4, 0.5) is 10.5 Å². The van der Waals surface area contributed by atoms with Crippen LogP contribution in [0.1, 0.15) is 19.4 Å². The number of halogens is 1. The van der Waals surface area contributed by atoms with Gasteiger partial charge in [-0.3, -0.25) is 4.79 Å². The summed E-state index contributed by atoms with van der Waals surface area (Å²) in [5.74, 6) is 0.166. The van der Waals surface area contributed by atoms with Crippen molar-refractivity contribution in [2.75, 3.05) is 11.5 Å². The molecule has 0 saturated carbocycles. The van der Waals surface area contributed by atoms with Crippen LogP contribution >= 0.6 is 11.6 Å². The molecular weight excluding hydrogens is 328 g/mol. The van der Waals surface area contributed by atoms with E-state index in [4.69, 9.17) is 16.3 Å². The molecule has 0 bridgehead atoms. The number of rotatable bonds is 4. The fourth-order valence-corrected chi connectivity index (χ4v) is 2.97. The molecule has 5 nitrogen and oxygen atoms in total. The van der Waals surface area contributed by atoms with Gasteiger partial charge in [-0.2, -0.15) is 0 Å². The van der Waals surface area contributed by atoms with Crippen molar-refractivity contribution in [2.24, 2.45) is 0 Å². The highest BCUT2D eigenvalue weighted by Crippen LogP contribution is 2.35.